The molecule has 0 aromatic carbocycles. The largest absolute Gasteiger partial charge is 0.389 e. The van der Waals surface area contributed by atoms with Crippen molar-refractivity contribution >= 4 is 5.91 Å². The molecule has 1 aromatic rings. The number of carbonyl (C=O) groups is 1. The summed E-state index contributed by atoms with van der Waals surface area (Å²) in [5.74, 6) is -0.221. The Hall–Kier alpha value is -1.54. The number of amides is 1. The first-order valence-electron chi connectivity index (χ1n) is 6.88. The Balaban J connectivity index is 1.73. The number of rotatable bonds is 7. The van der Waals surface area contributed by atoms with E-state index in [0.29, 0.717) is 13.2 Å². The van der Waals surface area contributed by atoms with Crippen LogP contribution in [0.5, 0.6) is 0 Å². The molecule has 0 aliphatic carbocycles. The maximum absolute atomic E-state index is 11.3. The van der Waals surface area contributed by atoms with Crippen LogP contribution in [0, 0.1) is 0 Å². The van der Waals surface area contributed by atoms with E-state index >= 15 is 0 Å². The maximum atomic E-state index is 11.3. The van der Waals surface area contributed by atoms with Crippen molar-refractivity contribution in [3.63, 3.8) is 0 Å². The first-order chi connectivity index (χ1) is 10.2. The third-order valence-electron chi connectivity index (χ3n) is 3.38. The monoisotopic (exact) mass is 295 g/mol. The lowest BCUT2D eigenvalue weighted by atomic mass is 10.1. The summed E-state index contributed by atoms with van der Waals surface area (Å²) in [5, 5.41) is 16.1. The number of ether oxygens (including phenoxy) is 2. The summed E-state index contributed by atoms with van der Waals surface area (Å²) >= 11 is 0. The number of pyridine rings is 1. The molecule has 3 atom stereocenters. The minimum atomic E-state index is -0.658. The Morgan fingerprint density at radius 1 is 1.52 bits per heavy atom. The predicted octanol–water partition coefficient (Wildman–Crippen LogP) is -0.938. The number of hydrogen-bond donors (Lipinski definition) is 3. The second-order valence-electron chi connectivity index (χ2n) is 4.94. The number of aliphatic hydroxyl groups excluding tert-OH is 1. The van der Waals surface area contributed by atoms with E-state index in [1.54, 1.807) is 12.4 Å². The lowest BCUT2D eigenvalue weighted by molar-refractivity contribution is -0.125. The number of aromatic nitrogens is 1. The highest BCUT2D eigenvalue weighted by Crippen LogP contribution is 2.14. The fourth-order valence-corrected chi connectivity index (χ4v) is 2.19. The van der Waals surface area contributed by atoms with Crippen LogP contribution in [0.1, 0.15) is 5.56 Å². The zero-order valence-electron chi connectivity index (χ0n) is 12.0. The average molecular weight is 295 g/mol. The zero-order chi connectivity index (χ0) is 15.1. The lowest BCUT2D eigenvalue weighted by Gasteiger charge is -2.18. The van der Waals surface area contributed by atoms with Gasteiger partial charge in [-0.25, -0.2) is 0 Å². The van der Waals surface area contributed by atoms with Crippen LogP contribution in [-0.4, -0.2) is 61.1 Å². The van der Waals surface area contributed by atoms with E-state index in [0.717, 1.165) is 5.56 Å². The molecule has 0 bridgehead atoms. The van der Waals surface area contributed by atoms with E-state index in [9.17, 15) is 9.90 Å². The van der Waals surface area contributed by atoms with Gasteiger partial charge in [-0.05, 0) is 17.7 Å². The molecular formula is C14H21N3O4. The molecule has 0 radical (unpaired) electrons. The first-order valence-corrected chi connectivity index (χ1v) is 6.88. The smallest absolute Gasteiger partial charge is 0.246 e. The highest BCUT2D eigenvalue weighted by Gasteiger charge is 2.35. The van der Waals surface area contributed by atoms with Crippen LogP contribution in [0.25, 0.3) is 0 Å². The van der Waals surface area contributed by atoms with Crippen LogP contribution < -0.4 is 10.6 Å². The lowest BCUT2D eigenvalue weighted by Crippen LogP contribution is -2.45. The van der Waals surface area contributed by atoms with E-state index in [1.165, 1.54) is 7.11 Å². The molecule has 7 heteroatoms. The van der Waals surface area contributed by atoms with Gasteiger partial charge in [0.25, 0.3) is 0 Å². The van der Waals surface area contributed by atoms with Crippen molar-refractivity contribution in [1.82, 2.24) is 15.6 Å². The van der Waals surface area contributed by atoms with E-state index in [4.69, 9.17) is 9.47 Å². The predicted molar refractivity (Wildman–Crippen MR) is 75.5 cm³/mol. The number of nitrogens with one attached hydrogen (secondary N) is 2. The van der Waals surface area contributed by atoms with Crippen molar-refractivity contribution in [3.05, 3.63) is 30.1 Å². The van der Waals surface area contributed by atoms with Gasteiger partial charge in [-0.2, -0.15) is 0 Å². The molecule has 3 N–H and O–H groups in total. The summed E-state index contributed by atoms with van der Waals surface area (Å²) in [6.07, 6.45) is 2.40. The summed E-state index contributed by atoms with van der Waals surface area (Å²) in [4.78, 5) is 15.3. The van der Waals surface area contributed by atoms with Gasteiger partial charge in [-0.1, -0.05) is 0 Å². The molecule has 21 heavy (non-hydrogen) atoms. The molecule has 1 aromatic heterocycles. The Morgan fingerprint density at radius 3 is 3.00 bits per heavy atom. The van der Waals surface area contributed by atoms with E-state index in [1.807, 2.05) is 12.1 Å². The van der Waals surface area contributed by atoms with Crippen LogP contribution in [0.15, 0.2) is 24.5 Å². The molecular weight excluding hydrogens is 274 g/mol. The second kappa shape index (κ2) is 8.04. The van der Waals surface area contributed by atoms with E-state index in [-0.39, 0.29) is 25.1 Å². The summed E-state index contributed by atoms with van der Waals surface area (Å²) in [7, 11) is 1.46. The number of methoxy groups -OCH3 is 1. The van der Waals surface area contributed by atoms with Crippen molar-refractivity contribution in [2.24, 2.45) is 0 Å². The third kappa shape index (κ3) is 4.75. The summed E-state index contributed by atoms with van der Waals surface area (Å²) in [6, 6.07) is 3.68. The van der Waals surface area contributed by atoms with Gasteiger partial charge in [-0.3, -0.25) is 9.78 Å². The van der Waals surface area contributed by atoms with Crippen LogP contribution in [-0.2, 0) is 20.8 Å². The van der Waals surface area contributed by atoms with E-state index in [2.05, 4.69) is 15.6 Å². The van der Waals surface area contributed by atoms with E-state index < -0.39 is 12.2 Å². The van der Waals surface area contributed by atoms with Gasteiger partial charge in [0.1, 0.15) is 12.7 Å². The molecule has 0 saturated carbocycles. The molecule has 0 spiro atoms. The minimum absolute atomic E-state index is 0.00648. The number of nitrogens with zero attached hydrogens (tertiary/aromatic N) is 1. The van der Waals surface area contributed by atoms with Gasteiger partial charge >= 0.3 is 0 Å². The van der Waals surface area contributed by atoms with Crippen molar-refractivity contribution in [2.45, 2.75) is 24.8 Å². The molecule has 1 aliphatic rings. The average Bonchev–Trinajstić information content (AvgIpc) is 2.85. The number of carbonyl (C=O) groups excluding carboxylic acids is 1. The number of hydrogen-bond acceptors (Lipinski definition) is 6. The summed E-state index contributed by atoms with van der Waals surface area (Å²) < 4.78 is 10.2. The number of aliphatic hydroxyl groups is 1. The van der Waals surface area contributed by atoms with Crippen molar-refractivity contribution in [1.29, 1.82) is 0 Å². The molecule has 1 fully saturated rings. The summed E-state index contributed by atoms with van der Waals surface area (Å²) in [6.45, 7) is 1.33. The first kappa shape index (κ1) is 15.8. The highest BCUT2D eigenvalue weighted by molar-refractivity contribution is 5.77. The second-order valence-corrected chi connectivity index (χ2v) is 4.94. The molecule has 1 amide bonds. The normalized spacial score (nSPS) is 25.0. The van der Waals surface area contributed by atoms with Gasteiger partial charge < -0.3 is 25.2 Å². The van der Waals surface area contributed by atoms with Crippen LogP contribution in [0.3, 0.4) is 0 Å². The molecule has 7 nitrogen and oxygen atoms in total. The topological polar surface area (TPSA) is 92.7 Å². The van der Waals surface area contributed by atoms with Gasteiger partial charge in [0.05, 0.1) is 18.8 Å². The van der Waals surface area contributed by atoms with Gasteiger partial charge in [0.2, 0.25) is 5.91 Å². The SMILES string of the molecule is COCC(=O)NCC1OCC(NCc2ccncc2)C1O. The standard InChI is InChI=1S/C14H21N3O4/c1-20-9-13(18)17-7-12-14(19)11(8-21-12)16-6-10-2-4-15-5-3-10/h2-5,11-12,14,16,19H,6-9H2,1H3,(H,17,18). The van der Waals surface area contributed by atoms with Crippen LogP contribution in [0.2, 0.25) is 0 Å². The Bertz CT molecular complexity index is 443. The van der Waals surface area contributed by atoms with Crippen molar-refractivity contribution in [3.8, 4) is 0 Å². The molecule has 116 valence electrons. The fraction of sp³-hybridized carbons (Fsp3) is 0.571. The van der Waals surface area contributed by atoms with Crippen LogP contribution >= 0.6 is 0 Å². The van der Waals surface area contributed by atoms with Crippen molar-refractivity contribution < 1.29 is 19.4 Å². The Morgan fingerprint density at radius 2 is 2.29 bits per heavy atom. The fourth-order valence-electron chi connectivity index (χ4n) is 2.19. The quantitative estimate of drug-likeness (QED) is 0.601. The summed E-state index contributed by atoms with van der Waals surface area (Å²) in [5.41, 5.74) is 1.09. The van der Waals surface area contributed by atoms with Crippen LogP contribution in [0.4, 0.5) is 0 Å². The highest BCUT2D eigenvalue weighted by atomic mass is 16.5. The zero-order valence-corrected chi connectivity index (χ0v) is 12.0. The molecule has 2 rings (SSSR count). The van der Waals surface area contributed by atoms with Crippen molar-refractivity contribution in [2.75, 3.05) is 26.9 Å². The van der Waals surface area contributed by atoms with Gasteiger partial charge in [0, 0.05) is 32.6 Å². The minimum Gasteiger partial charge on any atom is -0.389 e. The molecule has 3 unspecified atom stereocenters. The maximum Gasteiger partial charge on any atom is 0.246 e. The molecule has 1 aliphatic heterocycles. The molecule has 2 heterocycles. The molecule has 1 saturated heterocycles. The van der Waals surface area contributed by atoms with Gasteiger partial charge in [0.15, 0.2) is 0 Å². The van der Waals surface area contributed by atoms with Gasteiger partial charge in [-0.15, -0.1) is 0 Å². The Labute approximate surface area is 123 Å². The third-order valence-corrected chi connectivity index (χ3v) is 3.38. The Kier molecular flexibility index (Phi) is 6.06.